The van der Waals surface area contributed by atoms with Gasteiger partial charge in [-0.15, -0.1) is 0 Å². The van der Waals surface area contributed by atoms with E-state index in [1.165, 1.54) is 0 Å². The van der Waals surface area contributed by atoms with E-state index in [9.17, 15) is 13.2 Å². The van der Waals surface area contributed by atoms with Crippen LogP contribution in [-0.2, 0) is 14.6 Å². The van der Waals surface area contributed by atoms with E-state index in [4.69, 9.17) is 0 Å². The number of sulfone groups is 1. The van der Waals surface area contributed by atoms with E-state index in [2.05, 4.69) is 21.2 Å². The maximum absolute atomic E-state index is 11.6. The Bertz CT molecular complexity index is 353. The van der Waals surface area contributed by atoms with Crippen molar-refractivity contribution in [1.82, 2.24) is 5.32 Å². The summed E-state index contributed by atoms with van der Waals surface area (Å²) >= 11 is 3.28. The van der Waals surface area contributed by atoms with Crippen LogP contribution in [0.3, 0.4) is 0 Å². The van der Waals surface area contributed by atoms with Crippen LogP contribution in [0.1, 0.15) is 26.7 Å². The summed E-state index contributed by atoms with van der Waals surface area (Å²) in [5.74, 6) is 0.326. The fraction of sp³-hybridized carbons (Fsp3) is 0.900. The minimum Gasteiger partial charge on any atom is -0.354 e. The number of hydrogen-bond donors (Lipinski definition) is 1. The summed E-state index contributed by atoms with van der Waals surface area (Å²) in [5.41, 5.74) is 0. The Kier molecular flexibility index (Phi) is 4.79. The Labute approximate surface area is 105 Å². The lowest BCUT2D eigenvalue weighted by atomic mass is 10.1. The first-order chi connectivity index (χ1) is 7.34. The number of carbonyl (C=O) groups is 1. The fourth-order valence-corrected chi connectivity index (χ4v) is 3.63. The van der Waals surface area contributed by atoms with Crippen molar-refractivity contribution in [3.8, 4) is 0 Å². The smallest absolute Gasteiger partial charge is 0.234 e. The molecule has 4 nitrogen and oxygen atoms in total. The summed E-state index contributed by atoms with van der Waals surface area (Å²) in [6, 6.07) is 0. The first kappa shape index (κ1) is 14.0. The lowest BCUT2D eigenvalue weighted by Crippen LogP contribution is -2.39. The molecule has 2 unspecified atom stereocenters. The molecular weight excluding hydrogens is 294 g/mol. The molecule has 1 aliphatic rings. The van der Waals surface area contributed by atoms with Gasteiger partial charge < -0.3 is 5.32 Å². The third kappa shape index (κ3) is 3.45. The van der Waals surface area contributed by atoms with Crippen LogP contribution in [0.15, 0.2) is 0 Å². The molecule has 1 fully saturated rings. The molecule has 0 bridgehead atoms. The largest absolute Gasteiger partial charge is 0.354 e. The molecule has 2 atom stereocenters. The van der Waals surface area contributed by atoms with Gasteiger partial charge in [0.1, 0.15) is 0 Å². The fourth-order valence-electron chi connectivity index (χ4n) is 1.70. The maximum Gasteiger partial charge on any atom is 0.234 e. The summed E-state index contributed by atoms with van der Waals surface area (Å²) in [6.45, 7) is 4.12. The van der Waals surface area contributed by atoms with Gasteiger partial charge in [-0.25, -0.2) is 8.42 Å². The first-order valence-electron chi connectivity index (χ1n) is 5.48. The molecule has 0 aromatic rings. The van der Waals surface area contributed by atoms with Crippen molar-refractivity contribution in [2.45, 2.75) is 36.8 Å². The molecule has 6 heteroatoms. The third-order valence-corrected chi connectivity index (χ3v) is 6.55. The summed E-state index contributed by atoms with van der Waals surface area (Å²) in [7, 11) is -2.96. The quantitative estimate of drug-likeness (QED) is 0.791. The van der Waals surface area contributed by atoms with Crippen LogP contribution in [-0.4, -0.2) is 36.7 Å². The van der Waals surface area contributed by atoms with Crippen LogP contribution in [0.25, 0.3) is 0 Å². The number of nitrogens with one attached hydrogen (secondary N) is 1. The van der Waals surface area contributed by atoms with Gasteiger partial charge in [0.15, 0.2) is 9.84 Å². The highest BCUT2D eigenvalue weighted by Crippen LogP contribution is 2.19. The zero-order valence-electron chi connectivity index (χ0n) is 9.57. The second-order valence-electron chi connectivity index (χ2n) is 4.52. The van der Waals surface area contributed by atoms with Crippen LogP contribution >= 0.6 is 15.9 Å². The molecule has 0 saturated carbocycles. The van der Waals surface area contributed by atoms with Gasteiger partial charge >= 0.3 is 0 Å². The Hall–Kier alpha value is -0.100. The van der Waals surface area contributed by atoms with Crippen LogP contribution in [0.2, 0.25) is 0 Å². The van der Waals surface area contributed by atoms with E-state index in [0.29, 0.717) is 12.8 Å². The van der Waals surface area contributed by atoms with E-state index >= 15 is 0 Å². The van der Waals surface area contributed by atoms with Crippen molar-refractivity contribution in [2.75, 3.05) is 12.3 Å². The Morgan fingerprint density at radius 2 is 2.12 bits per heavy atom. The summed E-state index contributed by atoms with van der Waals surface area (Å²) in [6.07, 6.45) is 1.38. The number of carbonyl (C=O) groups excluding carboxylic acids is 1. The zero-order chi connectivity index (χ0) is 12.3. The summed E-state index contributed by atoms with van der Waals surface area (Å²) in [5, 5.41) is 2.31. The van der Waals surface area contributed by atoms with Gasteiger partial charge in [-0.05, 0) is 18.8 Å². The number of rotatable bonds is 4. The van der Waals surface area contributed by atoms with E-state index < -0.39 is 9.84 Å². The first-order valence-corrected chi connectivity index (χ1v) is 8.11. The van der Waals surface area contributed by atoms with Crippen molar-refractivity contribution < 1.29 is 13.2 Å². The number of hydrogen-bond acceptors (Lipinski definition) is 3. The second kappa shape index (κ2) is 5.49. The van der Waals surface area contributed by atoms with Crippen molar-refractivity contribution in [1.29, 1.82) is 0 Å². The number of halogens is 1. The van der Waals surface area contributed by atoms with Crippen molar-refractivity contribution in [3.05, 3.63) is 0 Å². The van der Waals surface area contributed by atoms with E-state index in [1.54, 1.807) is 0 Å². The van der Waals surface area contributed by atoms with Gasteiger partial charge in [-0.2, -0.15) is 0 Å². The highest BCUT2D eigenvalue weighted by Gasteiger charge is 2.31. The zero-order valence-corrected chi connectivity index (χ0v) is 12.0. The van der Waals surface area contributed by atoms with Crippen molar-refractivity contribution in [3.63, 3.8) is 0 Å². The minimum atomic E-state index is -2.96. The molecule has 0 spiro atoms. The van der Waals surface area contributed by atoms with Gasteiger partial charge in [0, 0.05) is 6.54 Å². The number of amides is 1. The lowest BCUT2D eigenvalue weighted by Gasteiger charge is -2.16. The SMILES string of the molecule is CC(C)C(Br)C(=O)NCC1CCCS1(=O)=O. The van der Waals surface area contributed by atoms with Crippen molar-refractivity contribution in [2.24, 2.45) is 5.92 Å². The van der Waals surface area contributed by atoms with Gasteiger partial charge in [-0.1, -0.05) is 29.8 Å². The second-order valence-corrected chi connectivity index (χ2v) is 7.91. The van der Waals surface area contributed by atoms with Crippen LogP contribution in [0.4, 0.5) is 0 Å². The van der Waals surface area contributed by atoms with Gasteiger partial charge in [0.2, 0.25) is 5.91 Å². The van der Waals surface area contributed by atoms with Gasteiger partial charge in [0.05, 0.1) is 15.8 Å². The predicted molar refractivity (Wildman–Crippen MR) is 67.4 cm³/mol. The molecule has 16 heavy (non-hydrogen) atoms. The van der Waals surface area contributed by atoms with Gasteiger partial charge in [0.25, 0.3) is 0 Å². The molecule has 1 N–H and O–H groups in total. The van der Waals surface area contributed by atoms with E-state index in [0.717, 1.165) is 0 Å². The molecule has 1 saturated heterocycles. The normalized spacial score (nSPS) is 25.6. The molecule has 0 aliphatic carbocycles. The standard InChI is InChI=1S/C10H18BrNO3S/c1-7(2)9(11)10(13)12-6-8-4-3-5-16(8,14)15/h7-9H,3-6H2,1-2H3,(H,12,13). The summed E-state index contributed by atoms with van der Waals surface area (Å²) in [4.78, 5) is 11.3. The maximum atomic E-state index is 11.6. The molecule has 0 radical (unpaired) electrons. The molecule has 1 amide bonds. The monoisotopic (exact) mass is 311 g/mol. The molecule has 1 heterocycles. The Morgan fingerprint density at radius 3 is 2.56 bits per heavy atom. The predicted octanol–water partition coefficient (Wildman–Crippen LogP) is 1.10. The average Bonchev–Trinajstić information content (AvgIpc) is 2.52. The van der Waals surface area contributed by atoms with E-state index in [-0.39, 0.29) is 34.2 Å². The molecule has 0 aromatic carbocycles. The topological polar surface area (TPSA) is 63.2 Å². The van der Waals surface area contributed by atoms with Crippen LogP contribution in [0, 0.1) is 5.92 Å². The Balaban J connectivity index is 2.44. The average molecular weight is 312 g/mol. The third-order valence-electron chi connectivity index (χ3n) is 2.80. The molecule has 1 rings (SSSR count). The molecule has 0 aromatic heterocycles. The van der Waals surface area contributed by atoms with E-state index in [1.807, 2.05) is 13.8 Å². The molecular formula is C10H18BrNO3S. The number of alkyl halides is 1. The van der Waals surface area contributed by atoms with Crippen LogP contribution < -0.4 is 5.32 Å². The highest BCUT2D eigenvalue weighted by atomic mass is 79.9. The summed E-state index contributed by atoms with van der Waals surface area (Å²) < 4.78 is 23.0. The Morgan fingerprint density at radius 1 is 1.50 bits per heavy atom. The van der Waals surface area contributed by atoms with Crippen molar-refractivity contribution >= 4 is 31.7 Å². The lowest BCUT2D eigenvalue weighted by molar-refractivity contribution is -0.121. The molecule has 1 aliphatic heterocycles. The molecule has 94 valence electrons. The van der Waals surface area contributed by atoms with Crippen LogP contribution in [0.5, 0.6) is 0 Å². The highest BCUT2D eigenvalue weighted by molar-refractivity contribution is 9.10. The minimum absolute atomic E-state index is 0.128. The van der Waals surface area contributed by atoms with Gasteiger partial charge in [-0.3, -0.25) is 4.79 Å².